The van der Waals surface area contributed by atoms with Gasteiger partial charge in [0.15, 0.2) is 5.76 Å². The number of hydrogen-bond donors (Lipinski definition) is 1. The molecule has 2 aromatic rings. The highest BCUT2D eigenvalue weighted by Crippen LogP contribution is 2.44. The van der Waals surface area contributed by atoms with Crippen molar-refractivity contribution in [3.63, 3.8) is 0 Å². The Kier molecular flexibility index (Phi) is 5.06. The Morgan fingerprint density at radius 3 is 2.52 bits per heavy atom. The number of nitrogens with one attached hydrogen (secondary N) is 1. The van der Waals surface area contributed by atoms with E-state index in [4.69, 9.17) is 16.0 Å². The zero-order valence-electron chi connectivity index (χ0n) is 14.7. The lowest BCUT2D eigenvalue weighted by molar-refractivity contribution is 0.0554. The molecule has 27 heavy (non-hydrogen) atoms. The number of furan rings is 1. The van der Waals surface area contributed by atoms with Crippen molar-refractivity contribution in [2.75, 3.05) is 30.7 Å². The molecule has 2 aliphatic heterocycles. The summed E-state index contributed by atoms with van der Waals surface area (Å²) in [6.45, 7) is 1.92. The van der Waals surface area contributed by atoms with Crippen molar-refractivity contribution >= 4 is 41.0 Å². The van der Waals surface area contributed by atoms with Gasteiger partial charge in [-0.25, -0.2) is 4.79 Å². The molecule has 0 bridgehead atoms. The van der Waals surface area contributed by atoms with Gasteiger partial charge in [0, 0.05) is 36.1 Å². The van der Waals surface area contributed by atoms with Crippen molar-refractivity contribution in [3.05, 3.63) is 53.4 Å². The van der Waals surface area contributed by atoms with Gasteiger partial charge in [-0.15, -0.1) is 11.8 Å². The standard InChI is InChI=1S/C19H20ClN3O3S/c20-14-3-5-15(6-4-14)21-18(25)22-9-7-19(8-10-22)23(11-13-27-19)17(24)16-2-1-12-26-16/h1-6,12H,7-11,13H2,(H,21,25). The zero-order valence-corrected chi connectivity index (χ0v) is 16.3. The van der Waals surface area contributed by atoms with Crippen LogP contribution in [0.4, 0.5) is 10.5 Å². The van der Waals surface area contributed by atoms with E-state index in [1.165, 1.54) is 6.26 Å². The van der Waals surface area contributed by atoms with Gasteiger partial charge >= 0.3 is 6.03 Å². The molecule has 2 saturated heterocycles. The highest BCUT2D eigenvalue weighted by molar-refractivity contribution is 8.00. The molecule has 4 rings (SSSR count). The first-order chi connectivity index (χ1) is 13.1. The molecule has 0 unspecified atom stereocenters. The molecule has 2 fully saturated rings. The number of benzene rings is 1. The van der Waals surface area contributed by atoms with E-state index in [1.807, 2.05) is 16.7 Å². The number of urea groups is 1. The fraction of sp³-hybridized carbons (Fsp3) is 0.368. The molecule has 3 heterocycles. The Morgan fingerprint density at radius 1 is 1.11 bits per heavy atom. The van der Waals surface area contributed by atoms with Crippen LogP contribution in [0.1, 0.15) is 23.4 Å². The van der Waals surface area contributed by atoms with Gasteiger partial charge < -0.3 is 19.5 Å². The van der Waals surface area contributed by atoms with E-state index in [0.29, 0.717) is 30.4 Å². The summed E-state index contributed by atoms with van der Waals surface area (Å²) in [6, 6.07) is 10.4. The first kappa shape index (κ1) is 18.3. The second-order valence-corrected chi connectivity index (χ2v) is 8.55. The normalized spacial score (nSPS) is 18.7. The van der Waals surface area contributed by atoms with E-state index < -0.39 is 0 Å². The van der Waals surface area contributed by atoms with Crippen LogP contribution in [-0.2, 0) is 0 Å². The van der Waals surface area contributed by atoms with Crippen molar-refractivity contribution in [1.29, 1.82) is 0 Å². The molecule has 0 radical (unpaired) electrons. The SMILES string of the molecule is O=C(Nc1ccc(Cl)cc1)N1CCC2(CC1)SCCN2C(=O)c1ccco1. The Morgan fingerprint density at radius 2 is 1.85 bits per heavy atom. The lowest BCUT2D eigenvalue weighted by atomic mass is 10.0. The number of rotatable bonds is 2. The number of carbonyl (C=O) groups excluding carboxylic acids is 2. The average molecular weight is 406 g/mol. The number of thioether (sulfide) groups is 1. The van der Waals surface area contributed by atoms with Gasteiger partial charge in [0.05, 0.1) is 11.1 Å². The minimum Gasteiger partial charge on any atom is -0.459 e. The summed E-state index contributed by atoms with van der Waals surface area (Å²) in [5.41, 5.74) is 0.717. The van der Waals surface area contributed by atoms with Crippen LogP contribution < -0.4 is 5.32 Å². The summed E-state index contributed by atoms with van der Waals surface area (Å²) >= 11 is 7.69. The largest absolute Gasteiger partial charge is 0.459 e. The Labute approximate surface area is 166 Å². The maximum Gasteiger partial charge on any atom is 0.321 e. The third-order valence-electron chi connectivity index (χ3n) is 5.08. The van der Waals surface area contributed by atoms with Gasteiger partial charge in [-0.1, -0.05) is 11.6 Å². The van der Waals surface area contributed by atoms with Crippen molar-refractivity contribution < 1.29 is 14.0 Å². The van der Waals surface area contributed by atoms with Crippen LogP contribution >= 0.6 is 23.4 Å². The van der Waals surface area contributed by atoms with E-state index in [1.54, 1.807) is 41.3 Å². The molecule has 1 aromatic carbocycles. The highest BCUT2D eigenvalue weighted by Gasteiger charge is 2.47. The quantitative estimate of drug-likeness (QED) is 0.815. The molecular formula is C19H20ClN3O3S. The van der Waals surface area contributed by atoms with E-state index in [9.17, 15) is 9.59 Å². The molecule has 0 aliphatic carbocycles. The monoisotopic (exact) mass is 405 g/mol. The molecule has 1 N–H and O–H groups in total. The Balaban J connectivity index is 1.39. The van der Waals surface area contributed by atoms with Crippen LogP contribution in [0.3, 0.4) is 0 Å². The number of amides is 3. The first-order valence-electron chi connectivity index (χ1n) is 8.88. The fourth-order valence-electron chi connectivity index (χ4n) is 3.64. The molecule has 0 saturated carbocycles. The molecule has 2 aliphatic rings. The number of piperidine rings is 1. The zero-order chi connectivity index (χ0) is 18.9. The second kappa shape index (κ2) is 7.48. The Hall–Kier alpha value is -2.12. The third-order valence-corrected chi connectivity index (χ3v) is 6.89. The van der Waals surface area contributed by atoms with Crippen molar-refractivity contribution in [1.82, 2.24) is 9.80 Å². The number of likely N-dealkylation sites (tertiary alicyclic amines) is 1. The molecule has 8 heteroatoms. The smallest absolute Gasteiger partial charge is 0.321 e. The van der Waals surface area contributed by atoms with E-state index in [2.05, 4.69) is 5.32 Å². The molecule has 0 atom stereocenters. The number of hydrogen-bond acceptors (Lipinski definition) is 4. The summed E-state index contributed by atoms with van der Waals surface area (Å²) < 4.78 is 5.29. The molecule has 3 amide bonds. The topological polar surface area (TPSA) is 65.8 Å². The van der Waals surface area contributed by atoms with Crippen molar-refractivity contribution in [3.8, 4) is 0 Å². The molecular weight excluding hydrogens is 386 g/mol. The average Bonchev–Trinajstić information content (AvgIpc) is 3.34. The second-order valence-electron chi connectivity index (χ2n) is 6.65. The number of nitrogens with zero attached hydrogens (tertiary/aromatic N) is 2. The summed E-state index contributed by atoms with van der Waals surface area (Å²) in [7, 11) is 0. The van der Waals surface area contributed by atoms with Crippen LogP contribution in [0.2, 0.25) is 5.02 Å². The predicted octanol–water partition coefficient (Wildman–Crippen LogP) is 4.15. The van der Waals surface area contributed by atoms with Crippen molar-refractivity contribution in [2.24, 2.45) is 0 Å². The van der Waals surface area contributed by atoms with Crippen LogP contribution in [-0.4, -0.2) is 52.0 Å². The summed E-state index contributed by atoms with van der Waals surface area (Å²) in [5, 5.41) is 3.53. The minimum absolute atomic E-state index is 0.0657. The maximum atomic E-state index is 12.8. The number of carbonyl (C=O) groups is 2. The van der Waals surface area contributed by atoms with Crippen LogP contribution in [0.5, 0.6) is 0 Å². The van der Waals surface area contributed by atoms with E-state index >= 15 is 0 Å². The van der Waals surface area contributed by atoms with E-state index in [0.717, 1.165) is 24.3 Å². The lowest BCUT2D eigenvalue weighted by Crippen LogP contribution is -2.54. The van der Waals surface area contributed by atoms with Crippen molar-refractivity contribution in [2.45, 2.75) is 17.7 Å². The molecule has 1 aromatic heterocycles. The van der Waals surface area contributed by atoms with Gasteiger partial charge in [0.25, 0.3) is 5.91 Å². The maximum absolute atomic E-state index is 12.8. The van der Waals surface area contributed by atoms with Gasteiger partial charge in [0.2, 0.25) is 0 Å². The predicted molar refractivity (Wildman–Crippen MR) is 106 cm³/mol. The Bertz CT molecular complexity index is 817. The van der Waals surface area contributed by atoms with Crippen LogP contribution in [0.25, 0.3) is 0 Å². The van der Waals surface area contributed by atoms with E-state index in [-0.39, 0.29) is 16.8 Å². The minimum atomic E-state index is -0.249. The highest BCUT2D eigenvalue weighted by atomic mass is 35.5. The summed E-state index contributed by atoms with van der Waals surface area (Å²) in [5.74, 6) is 1.22. The summed E-state index contributed by atoms with van der Waals surface area (Å²) in [4.78, 5) is 28.8. The van der Waals surface area contributed by atoms with Gasteiger partial charge in [-0.3, -0.25) is 4.79 Å². The van der Waals surface area contributed by atoms with Gasteiger partial charge in [-0.2, -0.15) is 0 Å². The third kappa shape index (κ3) is 3.66. The number of anilines is 1. The molecule has 6 nitrogen and oxygen atoms in total. The fourth-order valence-corrected chi connectivity index (χ4v) is 5.22. The van der Waals surface area contributed by atoms with Gasteiger partial charge in [-0.05, 0) is 49.2 Å². The van der Waals surface area contributed by atoms with Crippen LogP contribution in [0.15, 0.2) is 47.1 Å². The summed E-state index contributed by atoms with van der Waals surface area (Å²) in [6.07, 6.45) is 3.02. The molecule has 142 valence electrons. The lowest BCUT2D eigenvalue weighted by Gasteiger charge is -2.43. The molecule has 1 spiro atoms. The van der Waals surface area contributed by atoms with Crippen LogP contribution in [0, 0.1) is 0 Å². The van der Waals surface area contributed by atoms with Gasteiger partial charge in [0.1, 0.15) is 0 Å². The first-order valence-corrected chi connectivity index (χ1v) is 10.2. The number of halogens is 1.